The maximum Gasteiger partial charge on any atom is 0.0975 e. The molecule has 1 aliphatic rings. The summed E-state index contributed by atoms with van der Waals surface area (Å²) in [6.07, 6.45) is 5.36. The van der Waals surface area contributed by atoms with Crippen LogP contribution >= 0.6 is 0 Å². The van der Waals surface area contributed by atoms with Crippen LogP contribution in [0.5, 0.6) is 0 Å². The Balaban J connectivity index is 2.26. The van der Waals surface area contributed by atoms with Crippen LogP contribution in [0.2, 0.25) is 0 Å². The second kappa shape index (κ2) is 6.58. The third-order valence-corrected chi connectivity index (χ3v) is 3.40. The lowest BCUT2D eigenvalue weighted by Gasteiger charge is -2.32. The molecule has 1 fully saturated rings. The van der Waals surface area contributed by atoms with Crippen molar-refractivity contribution in [3.05, 3.63) is 0 Å². The van der Waals surface area contributed by atoms with Gasteiger partial charge in [-0.1, -0.05) is 26.7 Å². The third-order valence-electron chi connectivity index (χ3n) is 3.40. The first-order valence-electron chi connectivity index (χ1n) is 6.60. The first-order valence-corrected chi connectivity index (χ1v) is 6.60. The highest BCUT2D eigenvalue weighted by molar-refractivity contribution is 4.78. The summed E-state index contributed by atoms with van der Waals surface area (Å²) in [6, 6.07) is 0. The molecule has 0 amide bonds. The molecule has 1 rings (SSSR count). The molecule has 16 heavy (non-hydrogen) atoms. The van der Waals surface area contributed by atoms with E-state index in [4.69, 9.17) is 4.74 Å². The monoisotopic (exact) mass is 229 g/mol. The van der Waals surface area contributed by atoms with E-state index < -0.39 is 5.60 Å². The Labute approximate surface area is 99.6 Å². The fourth-order valence-corrected chi connectivity index (χ4v) is 2.26. The zero-order valence-electron chi connectivity index (χ0n) is 11.0. The van der Waals surface area contributed by atoms with Gasteiger partial charge in [0.1, 0.15) is 0 Å². The van der Waals surface area contributed by atoms with Crippen LogP contribution in [0.15, 0.2) is 0 Å². The molecule has 1 saturated carbocycles. The molecule has 0 saturated heterocycles. The molecule has 0 aliphatic heterocycles. The van der Waals surface area contributed by atoms with Crippen molar-refractivity contribution in [2.24, 2.45) is 5.92 Å². The van der Waals surface area contributed by atoms with E-state index in [2.05, 4.69) is 12.2 Å². The summed E-state index contributed by atoms with van der Waals surface area (Å²) < 4.78 is 5.87. The van der Waals surface area contributed by atoms with Crippen LogP contribution in [0.3, 0.4) is 0 Å². The fourth-order valence-electron chi connectivity index (χ4n) is 2.26. The summed E-state index contributed by atoms with van der Waals surface area (Å²) in [7, 11) is 0. The number of ether oxygens (including phenoxy) is 1. The summed E-state index contributed by atoms with van der Waals surface area (Å²) >= 11 is 0. The molecule has 96 valence electrons. The molecule has 1 aliphatic carbocycles. The highest BCUT2D eigenvalue weighted by Crippen LogP contribution is 2.26. The van der Waals surface area contributed by atoms with Crippen molar-refractivity contribution in [3.8, 4) is 0 Å². The number of aliphatic hydroxyl groups is 1. The lowest BCUT2D eigenvalue weighted by atomic mass is 9.88. The van der Waals surface area contributed by atoms with E-state index in [1.54, 1.807) is 0 Å². The molecule has 0 aromatic rings. The maximum atomic E-state index is 10.1. The minimum atomic E-state index is -0.743. The predicted molar refractivity (Wildman–Crippen MR) is 66.5 cm³/mol. The average molecular weight is 229 g/mol. The van der Waals surface area contributed by atoms with E-state index in [1.165, 1.54) is 19.3 Å². The van der Waals surface area contributed by atoms with Crippen LogP contribution in [-0.2, 0) is 4.74 Å². The van der Waals surface area contributed by atoms with Crippen LogP contribution < -0.4 is 5.32 Å². The minimum absolute atomic E-state index is 0.349. The van der Waals surface area contributed by atoms with Gasteiger partial charge in [-0.25, -0.2) is 0 Å². The second-order valence-electron chi connectivity index (χ2n) is 5.39. The zero-order chi connectivity index (χ0) is 12.0. The predicted octanol–water partition coefficient (Wildman–Crippen LogP) is 1.94. The topological polar surface area (TPSA) is 41.5 Å². The van der Waals surface area contributed by atoms with Gasteiger partial charge in [-0.15, -0.1) is 0 Å². The average Bonchev–Trinajstić information content (AvgIpc) is 2.26. The molecule has 0 radical (unpaired) electrons. The molecule has 3 heteroatoms. The van der Waals surface area contributed by atoms with Crippen molar-refractivity contribution < 1.29 is 9.84 Å². The van der Waals surface area contributed by atoms with Crippen LogP contribution in [-0.4, -0.2) is 36.5 Å². The summed E-state index contributed by atoms with van der Waals surface area (Å²) in [4.78, 5) is 0. The standard InChI is InChI=1S/C13H27NO2/c1-4-14-9-13(3,15)10-16-12-8-6-5-7-11(12)2/h11-12,14-15H,4-10H2,1-3H3. The Morgan fingerprint density at radius 1 is 1.38 bits per heavy atom. The van der Waals surface area contributed by atoms with E-state index in [0.717, 1.165) is 13.0 Å². The van der Waals surface area contributed by atoms with Crippen LogP contribution in [0.1, 0.15) is 46.5 Å². The number of hydrogen-bond acceptors (Lipinski definition) is 3. The van der Waals surface area contributed by atoms with E-state index in [0.29, 0.717) is 25.2 Å². The zero-order valence-corrected chi connectivity index (χ0v) is 11.0. The van der Waals surface area contributed by atoms with E-state index in [9.17, 15) is 5.11 Å². The lowest BCUT2D eigenvalue weighted by Crippen LogP contribution is -2.43. The molecule has 0 aromatic heterocycles. The Hall–Kier alpha value is -0.120. The SMILES string of the molecule is CCNCC(C)(O)COC1CCCCC1C. The molecular weight excluding hydrogens is 202 g/mol. The number of hydrogen-bond donors (Lipinski definition) is 2. The quantitative estimate of drug-likeness (QED) is 0.731. The molecule has 0 spiro atoms. The van der Waals surface area contributed by atoms with Gasteiger partial charge in [-0.3, -0.25) is 0 Å². The number of likely N-dealkylation sites (N-methyl/N-ethyl adjacent to an activating group) is 1. The second-order valence-corrected chi connectivity index (χ2v) is 5.39. The number of rotatable bonds is 6. The molecule has 0 heterocycles. The van der Waals surface area contributed by atoms with Crippen molar-refractivity contribution in [3.63, 3.8) is 0 Å². The van der Waals surface area contributed by atoms with Gasteiger partial charge in [0.05, 0.1) is 18.3 Å². The minimum Gasteiger partial charge on any atom is -0.386 e. The molecule has 0 aromatic carbocycles. The smallest absolute Gasteiger partial charge is 0.0975 e. The van der Waals surface area contributed by atoms with Gasteiger partial charge in [0.25, 0.3) is 0 Å². The van der Waals surface area contributed by atoms with Gasteiger partial charge in [-0.2, -0.15) is 0 Å². The fraction of sp³-hybridized carbons (Fsp3) is 1.00. The Morgan fingerprint density at radius 3 is 2.69 bits per heavy atom. The molecule has 3 atom stereocenters. The van der Waals surface area contributed by atoms with Crippen molar-refractivity contribution in [2.45, 2.75) is 58.2 Å². The van der Waals surface area contributed by atoms with Crippen LogP contribution in [0, 0.1) is 5.92 Å². The summed E-state index contributed by atoms with van der Waals surface area (Å²) in [5.74, 6) is 0.642. The summed E-state index contributed by atoms with van der Waals surface area (Å²) in [6.45, 7) is 8.06. The first-order chi connectivity index (χ1) is 7.55. The Bertz CT molecular complexity index is 194. The number of nitrogens with one attached hydrogen (secondary N) is 1. The molecule has 3 nitrogen and oxygen atoms in total. The van der Waals surface area contributed by atoms with Crippen molar-refractivity contribution in [1.29, 1.82) is 0 Å². The normalized spacial score (nSPS) is 30.0. The summed E-state index contributed by atoms with van der Waals surface area (Å²) in [5, 5.41) is 13.2. The van der Waals surface area contributed by atoms with E-state index in [1.807, 2.05) is 13.8 Å². The van der Waals surface area contributed by atoms with Gasteiger partial charge in [-0.05, 0) is 32.2 Å². The van der Waals surface area contributed by atoms with Gasteiger partial charge in [0, 0.05) is 6.54 Å². The molecule has 2 N–H and O–H groups in total. The van der Waals surface area contributed by atoms with E-state index >= 15 is 0 Å². The van der Waals surface area contributed by atoms with Crippen molar-refractivity contribution in [1.82, 2.24) is 5.32 Å². The van der Waals surface area contributed by atoms with Gasteiger partial charge in [0.15, 0.2) is 0 Å². The largest absolute Gasteiger partial charge is 0.386 e. The highest BCUT2D eigenvalue weighted by Gasteiger charge is 2.26. The summed E-state index contributed by atoms with van der Waals surface area (Å²) in [5.41, 5.74) is -0.743. The molecule has 0 bridgehead atoms. The van der Waals surface area contributed by atoms with Gasteiger partial charge >= 0.3 is 0 Å². The van der Waals surface area contributed by atoms with Crippen LogP contribution in [0.25, 0.3) is 0 Å². The lowest BCUT2D eigenvalue weighted by molar-refractivity contribution is -0.0846. The highest BCUT2D eigenvalue weighted by atomic mass is 16.5. The van der Waals surface area contributed by atoms with Crippen molar-refractivity contribution in [2.75, 3.05) is 19.7 Å². The Kier molecular flexibility index (Phi) is 5.73. The van der Waals surface area contributed by atoms with Gasteiger partial charge in [0.2, 0.25) is 0 Å². The molecule has 3 unspecified atom stereocenters. The maximum absolute atomic E-state index is 10.1. The Morgan fingerprint density at radius 2 is 2.06 bits per heavy atom. The van der Waals surface area contributed by atoms with Crippen LogP contribution in [0.4, 0.5) is 0 Å². The third kappa shape index (κ3) is 4.81. The van der Waals surface area contributed by atoms with Gasteiger partial charge < -0.3 is 15.2 Å². The van der Waals surface area contributed by atoms with Crippen molar-refractivity contribution >= 4 is 0 Å². The molecular formula is C13H27NO2. The van der Waals surface area contributed by atoms with E-state index in [-0.39, 0.29) is 0 Å². The first kappa shape index (κ1) is 13.9.